The number of carbonyl (C=O) groups is 2. The van der Waals surface area contributed by atoms with Gasteiger partial charge in [0.05, 0.1) is 10.6 Å². The largest absolute Gasteiger partial charge is 0.489 e. The van der Waals surface area contributed by atoms with Gasteiger partial charge in [-0.2, -0.15) is 5.10 Å². The molecule has 47 heavy (non-hydrogen) atoms. The number of nitrogens with zero attached hydrogens (tertiary/aromatic N) is 3. The number of rotatable bonds is 17. The van der Waals surface area contributed by atoms with Crippen LogP contribution in [0.2, 0.25) is 0 Å². The van der Waals surface area contributed by atoms with Crippen molar-refractivity contribution in [3.63, 3.8) is 0 Å². The standard InChI is InChI=1S/C38H41N3O4S2/c1-28-19-21-29(22-20-28)27-45-33-17-13-14-30(24-33)36-31(26-41(39-36)32-15-9-8-10-16-32)25-34-37(44)40(38(46)47-34)23-12-7-5-3-2-4-6-11-18-35(42)43/h8-10,13-17,19-22,24-26H,2-7,11-12,18,23,27H2,1H3,(H,42,43)/b34-25-. The molecule has 1 aromatic heterocycles. The second-order valence-corrected chi connectivity index (χ2v) is 13.5. The van der Waals surface area contributed by atoms with Crippen LogP contribution in [-0.4, -0.2) is 42.5 Å². The van der Waals surface area contributed by atoms with E-state index in [2.05, 4.69) is 31.2 Å². The number of para-hydroxylation sites is 1. The molecule has 0 saturated carbocycles. The molecule has 1 aliphatic rings. The van der Waals surface area contributed by atoms with Gasteiger partial charge >= 0.3 is 5.97 Å². The molecule has 4 aromatic rings. The number of carboxylic acid groups (broad SMARTS) is 1. The summed E-state index contributed by atoms with van der Waals surface area (Å²) in [7, 11) is 0. The molecule has 1 amide bonds. The zero-order chi connectivity index (χ0) is 33.0. The predicted molar refractivity (Wildman–Crippen MR) is 194 cm³/mol. The van der Waals surface area contributed by atoms with Gasteiger partial charge in [-0.05, 0) is 55.7 Å². The molecule has 0 atom stereocenters. The van der Waals surface area contributed by atoms with Crippen molar-refractivity contribution in [3.05, 3.63) is 107 Å². The Morgan fingerprint density at radius 2 is 1.62 bits per heavy atom. The summed E-state index contributed by atoms with van der Waals surface area (Å²) in [6.07, 6.45) is 12.2. The summed E-state index contributed by atoms with van der Waals surface area (Å²) in [5.41, 5.74) is 5.71. The number of carboxylic acids is 1. The van der Waals surface area contributed by atoms with E-state index < -0.39 is 5.97 Å². The summed E-state index contributed by atoms with van der Waals surface area (Å²) >= 11 is 6.98. The maximum atomic E-state index is 13.5. The van der Waals surface area contributed by atoms with Crippen LogP contribution in [0, 0.1) is 6.92 Å². The molecule has 0 radical (unpaired) electrons. The number of thioether (sulfide) groups is 1. The van der Waals surface area contributed by atoms with Gasteiger partial charge in [0.1, 0.15) is 22.4 Å². The molecule has 0 aliphatic carbocycles. The monoisotopic (exact) mass is 667 g/mol. The second-order valence-electron chi connectivity index (χ2n) is 11.8. The van der Waals surface area contributed by atoms with E-state index in [1.165, 1.54) is 17.3 Å². The molecule has 244 valence electrons. The van der Waals surface area contributed by atoms with Crippen molar-refractivity contribution >= 4 is 46.3 Å². The van der Waals surface area contributed by atoms with Crippen LogP contribution in [0.25, 0.3) is 23.0 Å². The number of carbonyl (C=O) groups excluding carboxylic acids is 1. The number of benzene rings is 3. The minimum absolute atomic E-state index is 0.0629. The summed E-state index contributed by atoms with van der Waals surface area (Å²) < 4.78 is 8.57. The lowest BCUT2D eigenvalue weighted by Gasteiger charge is -2.14. The lowest BCUT2D eigenvalue weighted by molar-refractivity contribution is -0.137. The summed E-state index contributed by atoms with van der Waals surface area (Å²) in [5.74, 6) is -0.0388. The minimum Gasteiger partial charge on any atom is -0.489 e. The van der Waals surface area contributed by atoms with Gasteiger partial charge < -0.3 is 9.84 Å². The Morgan fingerprint density at radius 3 is 2.34 bits per heavy atom. The lowest BCUT2D eigenvalue weighted by atomic mass is 10.1. The molecule has 1 saturated heterocycles. The highest BCUT2D eigenvalue weighted by atomic mass is 32.2. The summed E-state index contributed by atoms with van der Waals surface area (Å²) in [5, 5.41) is 13.7. The highest BCUT2D eigenvalue weighted by Gasteiger charge is 2.32. The quantitative estimate of drug-likeness (QED) is 0.0683. The highest BCUT2D eigenvalue weighted by Crippen LogP contribution is 2.36. The van der Waals surface area contributed by atoms with Crippen LogP contribution in [0.1, 0.15) is 74.5 Å². The van der Waals surface area contributed by atoms with Crippen molar-refractivity contribution in [2.75, 3.05) is 6.54 Å². The fourth-order valence-corrected chi connectivity index (χ4v) is 6.75. The van der Waals surface area contributed by atoms with Gasteiger partial charge in [0.2, 0.25) is 0 Å². The number of thiocarbonyl (C=S) groups is 1. The first-order valence-corrected chi connectivity index (χ1v) is 17.5. The van der Waals surface area contributed by atoms with E-state index in [4.69, 9.17) is 27.2 Å². The molecule has 1 fully saturated rings. The van der Waals surface area contributed by atoms with E-state index in [9.17, 15) is 9.59 Å². The molecular weight excluding hydrogens is 627 g/mol. The number of aliphatic carboxylic acids is 1. The van der Waals surface area contributed by atoms with Gasteiger partial charge in [-0.25, -0.2) is 4.68 Å². The highest BCUT2D eigenvalue weighted by molar-refractivity contribution is 8.26. The van der Waals surface area contributed by atoms with Crippen molar-refractivity contribution in [2.45, 2.75) is 71.3 Å². The van der Waals surface area contributed by atoms with Gasteiger partial charge in [0, 0.05) is 30.3 Å². The number of aromatic nitrogens is 2. The van der Waals surface area contributed by atoms with E-state index in [0.29, 0.717) is 22.4 Å². The van der Waals surface area contributed by atoms with Gasteiger partial charge in [0.15, 0.2) is 0 Å². The van der Waals surface area contributed by atoms with Crippen LogP contribution in [0.3, 0.4) is 0 Å². The van der Waals surface area contributed by atoms with Crippen LogP contribution in [-0.2, 0) is 16.2 Å². The molecular formula is C38H41N3O4S2. The fourth-order valence-electron chi connectivity index (χ4n) is 5.46. The van der Waals surface area contributed by atoms with Gasteiger partial charge in [-0.3, -0.25) is 14.5 Å². The van der Waals surface area contributed by atoms with Gasteiger partial charge in [-0.15, -0.1) is 0 Å². The zero-order valence-corrected chi connectivity index (χ0v) is 28.4. The van der Waals surface area contributed by atoms with Crippen LogP contribution >= 0.6 is 24.0 Å². The Kier molecular flexibility index (Phi) is 12.4. The molecule has 1 N–H and O–H groups in total. The van der Waals surface area contributed by atoms with Crippen LogP contribution in [0.15, 0.2) is 90.0 Å². The molecule has 9 heteroatoms. The van der Waals surface area contributed by atoms with E-state index >= 15 is 0 Å². The van der Waals surface area contributed by atoms with Gasteiger partial charge in [0.25, 0.3) is 5.91 Å². The minimum atomic E-state index is -0.719. The summed E-state index contributed by atoms with van der Waals surface area (Å²) in [6, 6.07) is 26.1. The number of aryl methyl sites for hydroxylation is 1. The Bertz CT molecular complexity index is 1700. The third-order valence-electron chi connectivity index (χ3n) is 8.08. The number of amides is 1. The first kappa shape index (κ1) is 34.1. The van der Waals surface area contributed by atoms with Crippen molar-refractivity contribution in [1.29, 1.82) is 0 Å². The van der Waals surface area contributed by atoms with Crippen molar-refractivity contribution in [3.8, 4) is 22.7 Å². The number of unbranched alkanes of at least 4 members (excludes halogenated alkanes) is 7. The Labute approximate surface area is 286 Å². The van der Waals surface area contributed by atoms with Crippen molar-refractivity contribution in [2.24, 2.45) is 0 Å². The van der Waals surface area contributed by atoms with Crippen molar-refractivity contribution in [1.82, 2.24) is 14.7 Å². The van der Waals surface area contributed by atoms with Gasteiger partial charge in [-0.1, -0.05) is 123 Å². The summed E-state index contributed by atoms with van der Waals surface area (Å²) in [6.45, 7) is 3.14. The Balaban J connectivity index is 1.25. The number of hydrogen-bond donors (Lipinski definition) is 1. The fraction of sp³-hybridized carbons (Fsp3) is 0.316. The van der Waals surface area contributed by atoms with Crippen LogP contribution < -0.4 is 4.74 Å². The summed E-state index contributed by atoms with van der Waals surface area (Å²) in [4.78, 5) is 26.5. The number of ether oxygens (including phenoxy) is 1. The average molecular weight is 668 g/mol. The Hall–Kier alpha value is -4.21. The number of hydrogen-bond acceptors (Lipinski definition) is 6. The van der Waals surface area contributed by atoms with E-state index in [1.54, 1.807) is 4.90 Å². The smallest absolute Gasteiger partial charge is 0.303 e. The third-order valence-corrected chi connectivity index (χ3v) is 9.46. The maximum Gasteiger partial charge on any atom is 0.303 e. The predicted octanol–water partition coefficient (Wildman–Crippen LogP) is 9.22. The lowest BCUT2D eigenvalue weighted by Crippen LogP contribution is -2.29. The zero-order valence-electron chi connectivity index (χ0n) is 26.8. The average Bonchev–Trinajstić information content (AvgIpc) is 3.62. The molecule has 5 rings (SSSR count). The molecule has 1 aliphatic heterocycles. The maximum absolute atomic E-state index is 13.5. The topological polar surface area (TPSA) is 84.7 Å². The Morgan fingerprint density at radius 1 is 0.915 bits per heavy atom. The first-order valence-electron chi connectivity index (χ1n) is 16.3. The first-order chi connectivity index (χ1) is 22.9. The van der Waals surface area contributed by atoms with E-state index in [0.717, 1.165) is 85.2 Å². The third kappa shape index (κ3) is 9.89. The molecule has 0 spiro atoms. The molecule has 7 nitrogen and oxygen atoms in total. The molecule has 0 unspecified atom stereocenters. The second kappa shape index (κ2) is 17.1. The SMILES string of the molecule is Cc1ccc(COc2cccc(-c3nn(-c4ccccc4)cc3/C=C3\SC(=S)N(CCCCCCCCCCC(=O)O)C3=O)c2)cc1. The normalized spacial score (nSPS) is 13.9. The van der Waals surface area contributed by atoms with Crippen LogP contribution in [0.4, 0.5) is 0 Å². The molecule has 2 heterocycles. The van der Waals surface area contributed by atoms with Crippen LogP contribution in [0.5, 0.6) is 5.75 Å². The van der Waals surface area contributed by atoms with Crippen molar-refractivity contribution < 1.29 is 19.4 Å². The molecule has 0 bridgehead atoms. The van der Waals surface area contributed by atoms with E-state index in [1.807, 2.05) is 71.6 Å². The van der Waals surface area contributed by atoms with E-state index in [-0.39, 0.29) is 12.3 Å². The molecule has 3 aromatic carbocycles.